The van der Waals surface area contributed by atoms with Gasteiger partial charge in [0.1, 0.15) is 0 Å². The van der Waals surface area contributed by atoms with Gasteiger partial charge in [-0.3, -0.25) is 0 Å². The smallest absolute Gasteiger partial charge is 0.153 e. The van der Waals surface area contributed by atoms with E-state index in [2.05, 4.69) is 17.4 Å². The van der Waals surface area contributed by atoms with Gasteiger partial charge in [-0.05, 0) is 18.8 Å². The second-order valence-electron chi connectivity index (χ2n) is 3.59. The first-order valence-corrected chi connectivity index (χ1v) is 5.06. The van der Waals surface area contributed by atoms with Gasteiger partial charge in [-0.2, -0.15) is 0 Å². The molecule has 1 rings (SSSR count). The summed E-state index contributed by atoms with van der Waals surface area (Å²) in [5.74, 6) is 0.781. The molecule has 0 radical (unpaired) electrons. The molecule has 1 saturated heterocycles. The summed E-state index contributed by atoms with van der Waals surface area (Å²) < 4.78 is 5.55. The average Bonchev–Trinajstić information content (AvgIpc) is 2.65. The molecule has 1 aliphatic heterocycles. The molecule has 0 aliphatic carbocycles. The molecule has 1 fully saturated rings. The summed E-state index contributed by atoms with van der Waals surface area (Å²) in [4.78, 5) is 0. The van der Waals surface area contributed by atoms with Crippen LogP contribution in [0.1, 0.15) is 19.8 Å². The summed E-state index contributed by atoms with van der Waals surface area (Å²) in [5.41, 5.74) is 5.33. The van der Waals surface area contributed by atoms with Gasteiger partial charge in [0.15, 0.2) is 5.84 Å². The van der Waals surface area contributed by atoms with Crippen LogP contribution in [0.25, 0.3) is 0 Å². The highest BCUT2D eigenvalue weighted by Gasteiger charge is 2.25. The molecule has 0 aromatic heterocycles. The van der Waals surface area contributed by atoms with Crippen LogP contribution in [0, 0.1) is 5.92 Å². The Bertz CT molecular complexity index is 196. The Morgan fingerprint density at radius 2 is 2.50 bits per heavy atom. The number of amidine groups is 1. The first-order valence-electron chi connectivity index (χ1n) is 5.06. The quantitative estimate of drug-likeness (QED) is 0.256. The Morgan fingerprint density at radius 1 is 1.71 bits per heavy atom. The van der Waals surface area contributed by atoms with Crippen LogP contribution in [0.5, 0.6) is 0 Å². The molecule has 0 aromatic carbocycles. The molecule has 2 atom stereocenters. The van der Waals surface area contributed by atoms with Crippen molar-refractivity contribution in [1.82, 2.24) is 5.32 Å². The molecule has 0 amide bonds. The third-order valence-electron chi connectivity index (χ3n) is 2.59. The fourth-order valence-electron chi connectivity index (χ4n) is 1.80. The van der Waals surface area contributed by atoms with Crippen molar-refractivity contribution in [2.24, 2.45) is 16.8 Å². The molecular formula is C9H19N3O2. The third kappa shape index (κ3) is 3.16. The number of nitrogens with one attached hydrogen (secondary N) is 1. The molecule has 0 aromatic rings. The van der Waals surface area contributed by atoms with Crippen LogP contribution in [0.2, 0.25) is 0 Å². The highest BCUT2D eigenvalue weighted by atomic mass is 16.5. The van der Waals surface area contributed by atoms with Crippen molar-refractivity contribution < 1.29 is 9.94 Å². The van der Waals surface area contributed by atoms with Crippen molar-refractivity contribution in [3.8, 4) is 0 Å². The van der Waals surface area contributed by atoms with Crippen LogP contribution in [0.3, 0.4) is 0 Å². The fraction of sp³-hybridized carbons (Fsp3) is 0.889. The SMILES string of the molecule is CCC1OCCC1CNCC(N)=NO. The zero-order chi connectivity index (χ0) is 10.4. The minimum atomic E-state index is 0.219. The predicted octanol–water partition coefficient (Wildman–Crippen LogP) is 0.138. The van der Waals surface area contributed by atoms with Gasteiger partial charge in [0.25, 0.3) is 0 Å². The number of nitrogens with two attached hydrogens (primary N) is 1. The molecule has 0 saturated carbocycles. The third-order valence-corrected chi connectivity index (χ3v) is 2.59. The molecule has 5 nitrogen and oxygen atoms in total. The van der Waals surface area contributed by atoms with Crippen molar-refractivity contribution in [2.45, 2.75) is 25.9 Å². The van der Waals surface area contributed by atoms with E-state index in [1.54, 1.807) is 0 Å². The van der Waals surface area contributed by atoms with Gasteiger partial charge in [0.05, 0.1) is 12.6 Å². The minimum Gasteiger partial charge on any atom is -0.409 e. The van der Waals surface area contributed by atoms with E-state index in [4.69, 9.17) is 15.7 Å². The summed E-state index contributed by atoms with van der Waals surface area (Å²) in [5, 5.41) is 14.4. The average molecular weight is 201 g/mol. The highest BCUT2D eigenvalue weighted by molar-refractivity contribution is 5.81. The van der Waals surface area contributed by atoms with Crippen molar-refractivity contribution in [1.29, 1.82) is 0 Å². The maximum absolute atomic E-state index is 8.32. The van der Waals surface area contributed by atoms with Crippen LogP contribution in [-0.4, -0.2) is 36.8 Å². The zero-order valence-corrected chi connectivity index (χ0v) is 8.57. The van der Waals surface area contributed by atoms with Gasteiger partial charge < -0.3 is 21.0 Å². The Hall–Kier alpha value is -0.810. The normalized spacial score (nSPS) is 28.2. The number of ether oxygens (including phenoxy) is 1. The van der Waals surface area contributed by atoms with E-state index in [9.17, 15) is 0 Å². The molecule has 14 heavy (non-hydrogen) atoms. The summed E-state index contributed by atoms with van der Waals surface area (Å²) in [6, 6.07) is 0. The van der Waals surface area contributed by atoms with Crippen molar-refractivity contribution in [3.63, 3.8) is 0 Å². The van der Waals surface area contributed by atoms with Crippen molar-refractivity contribution in [2.75, 3.05) is 19.7 Å². The van der Waals surface area contributed by atoms with Gasteiger partial charge in [0.2, 0.25) is 0 Å². The second kappa shape index (κ2) is 5.82. The van der Waals surface area contributed by atoms with E-state index in [1.807, 2.05) is 0 Å². The van der Waals surface area contributed by atoms with Gasteiger partial charge in [-0.1, -0.05) is 12.1 Å². The van der Waals surface area contributed by atoms with Crippen LogP contribution >= 0.6 is 0 Å². The molecule has 5 heteroatoms. The molecule has 4 N–H and O–H groups in total. The topological polar surface area (TPSA) is 79.9 Å². The van der Waals surface area contributed by atoms with E-state index in [0.717, 1.165) is 26.0 Å². The lowest BCUT2D eigenvalue weighted by molar-refractivity contribution is 0.0875. The molecule has 1 aliphatic rings. The molecule has 1 heterocycles. The Morgan fingerprint density at radius 3 is 3.14 bits per heavy atom. The fourth-order valence-corrected chi connectivity index (χ4v) is 1.80. The molecule has 82 valence electrons. The van der Waals surface area contributed by atoms with Crippen LogP contribution in [0.4, 0.5) is 0 Å². The zero-order valence-electron chi connectivity index (χ0n) is 8.57. The summed E-state index contributed by atoms with van der Waals surface area (Å²) in [6.07, 6.45) is 2.52. The van der Waals surface area contributed by atoms with Crippen LogP contribution in [-0.2, 0) is 4.74 Å². The second-order valence-corrected chi connectivity index (χ2v) is 3.59. The van der Waals surface area contributed by atoms with E-state index in [1.165, 1.54) is 0 Å². The van der Waals surface area contributed by atoms with Gasteiger partial charge >= 0.3 is 0 Å². The van der Waals surface area contributed by atoms with E-state index in [0.29, 0.717) is 18.6 Å². The summed E-state index contributed by atoms with van der Waals surface area (Å²) in [7, 11) is 0. The van der Waals surface area contributed by atoms with Gasteiger partial charge in [-0.25, -0.2) is 0 Å². The lowest BCUT2D eigenvalue weighted by atomic mass is 10.00. The lowest BCUT2D eigenvalue weighted by Crippen LogP contribution is -2.34. The number of rotatable bonds is 5. The van der Waals surface area contributed by atoms with Crippen molar-refractivity contribution >= 4 is 5.84 Å². The first kappa shape index (κ1) is 11.3. The minimum absolute atomic E-state index is 0.219. The predicted molar refractivity (Wildman–Crippen MR) is 54.4 cm³/mol. The van der Waals surface area contributed by atoms with Gasteiger partial charge in [-0.15, -0.1) is 0 Å². The standard InChI is InChI=1S/C9H19N3O2/c1-2-8-7(3-4-14-8)5-11-6-9(10)12-13/h7-8,11,13H,2-6H2,1H3,(H2,10,12). The Balaban J connectivity index is 2.17. The first-order chi connectivity index (χ1) is 6.77. The number of hydrogen-bond acceptors (Lipinski definition) is 4. The lowest BCUT2D eigenvalue weighted by Gasteiger charge is -2.16. The maximum Gasteiger partial charge on any atom is 0.153 e. The van der Waals surface area contributed by atoms with Gasteiger partial charge in [0, 0.05) is 13.2 Å². The molecule has 0 spiro atoms. The van der Waals surface area contributed by atoms with Crippen LogP contribution in [0.15, 0.2) is 5.16 Å². The Labute approximate surface area is 84.3 Å². The largest absolute Gasteiger partial charge is 0.409 e. The number of oxime groups is 1. The summed E-state index contributed by atoms with van der Waals surface area (Å²) >= 11 is 0. The molecule has 0 bridgehead atoms. The van der Waals surface area contributed by atoms with E-state index >= 15 is 0 Å². The highest BCUT2D eigenvalue weighted by Crippen LogP contribution is 2.22. The number of hydrogen-bond donors (Lipinski definition) is 3. The summed E-state index contributed by atoms with van der Waals surface area (Å²) in [6.45, 7) is 4.29. The van der Waals surface area contributed by atoms with Crippen molar-refractivity contribution in [3.05, 3.63) is 0 Å². The number of nitrogens with zero attached hydrogens (tertiary/aromatic N) is 1. The molecular weight excluding hydrogens is 182 g/mol. The molecule has 2 unspecified atom stereocenters. The van der Waals surface area contributed by atoms with E-state index in [-0.39, 0.29) is 5.84 Å². The van der Waals surface area contributed by atoms with E-state index < -0.39 is 0 Å². The maximum atomic E-state index is 8.32. The monoisotopic (exact) mass is 201 g/mol. The Kier molecular flexibility index (Phi) is 4.69. The van der Waals surface area contributed by atoms with Crippen LogP contribution < -0.4 is 11.1 Å².